The molecular weight excluding hydrogens is 324 g/mol. The molecule has 2 rings (SSSR count). The fraction of sp³-hybridized carbons (Fsp3) is 0.333. The Kier molecular flexibility index (Phi) is 4.79. The molecule has 0 spiro atoms. The van der Waals surface area contributed by atoms with Crippen LogP contribution in [0.25, 0.3) is 0 Å². The lowest BCUT2D eigenvalue weighted by Crippen LogP contribution is -2.37. The van der Waals surface area contributed by atoms with E-state index in [4.69, 9.17) is 0 Å². The zero-order chi connectivity index (χ0) is 13.9. The molecule has 102 valence electrons. The first kappa shape index (κ1) is 14.7. The predicted octanol–water partition coefficient (Wildman–Crippen LogP) is 3.28. The molecule has 2 nitrogen and oxygen atoms in total. The van der Waals surface area contributed by atoms with E-state index in [1.165, 1.54) is 0 Å². The molecular formula is C15H17BrO2S. The highest BCUT2D eigenvalue weighted by Gasteiger charge is 2.33. The number of aliphatic hydroxyl groups is 2. The second kappa shape index (κ2) is 6.18. The van der Waals surface area contributed by atoms with Crippen LogP contribution < -0.4 is 0 Å². The molecule has 2 N–H and O–H groups in total. The van der Waals surface area contributed by atoms with Gasteiger partial charge in [-0.05, 0) is 52.5 Å². The van der Waals surface area contributed by atoms with Gasteiger partial charge in [0.15, 0.2) is 0 Å². The summed E-state index contributed by atoms with van der Waals surface area (Å²) < 4.78 is 1.07. The van der Waals surface area contributed by atoms with Crippen molar-refractivity contribution in [2.24, 2.45) is 0 Å². The number of benzene rings is 1. The normalized spacial score (nSPS) is 11.8. The van der Waals surface area contributed by atoms with E-state index in [2.05, 4.69) is 15.9 Å². The summed E-state index contributed by atoms with van der Waals surface area (Å²) in [6, 6.07) is 12.0. The van der Waals surface area contributed by atoms with Crippen molar-refractivity contribution in [1.82, 2.24) is 0 Å². The van der Waals surface area contributed by atoms with Gasteiger partial charge in [0.25, 0.3) is 0 Å². The Hall–Kier alpha value is -0.680. The standard InChI is InChI=1S/C15H17BrO2S/c1-11-4-2-3-5-13(11)15(9-17,10-18)8-12-6-7-14(16)19-12/h2-7,17-18H,8-10H2,1H3. The maximum atomic E-state index is 9.86. The van der Waals surface area contributed by atoms with Crippen LogP contribution in [-0.2, 0) is 11.8 Å². The van der Waals surface area contributed by atoms with E-state index in [0.717, 1.165) is 19.8 Å². The molecule has 0 saturated carbocycles. The van der Waals surface area contributed by atoms with Crippen molar-refractivity contribution in [3.63, 3.8) is 0 Å². The molecule has 19 heavy (non-hydrogen) atoms. The first-order valence-corrected chi connectivity index (χ1v) is 7.74. The largest absolute Gasteiger partial charge is 0.395 e. The van der Waals surface area contributed by atoms with E-state index in [-0.39, 0.29) is 13.2 Å². The summed E-state index contributed by atoms with van der Waals surface area (Å²) in [4.78, 5) is 1.15. The highest BCUT2D eigenvalue weighted by Crippen LogP contribution is 2.33. The van der Waals surface area contributed by atoms with Crippen molar-refractivity contribution in [2.45, 2.75) is 18.8 Å². The molecule has 1 aromatic heterocycles. The van der Waals surface area contributed by atoms with E-state index in [1.807, 2.05) is 43.3 Å². The predicted molar refractivity (Wildman–Crippen MR) is 82.8 cm³/mol. The zero-order valence-corrected chi connectivity index (χ0v) is 13.2. The average Bonchev–Trinajstić information content (AvgIpc) is 2.82. The molecule has 1 aromatic carbocycles. The summed E-state index contributed by atoms with van der Waals surface area (Å²) in [6.07, 6.45) is 0.640. The molecule has 0 saturated heterocycles. The van der Waals surface area contributed by atoms with Crippen molar-refractivity contribution in [2.75, 3.05) is 13.2 Å². The Bertz CT molecular complexity index is 547. The summed E-state index contributed by atoms with van der Waals surface area (Å²) in [5.74, 6) is 0. The summed E-state index contributed by atoms with van der Waals surface area (Å²) in [7, 11) is 0. The van der Waals surface area contributed by atoms with Crippen LogP contribution in [0, 0.1) is 6.92 Å². The van der Waals surface area contributed by atoms with Crippen molar-refractivity contribution in [3.8, 4) is 0 Å². The quantitative estimate of drug-likeness (QED) is 0.876. The molecule has 1 heterocycles. The first-order chi connectivity index (χ1) is 9.11. The number of hydrogen-bond acceptors (Lipinski definition) is 3. The number of aliphatic hydroxyl groups excluding tert-OH is 2. The molecule has 0 aliphatic rings. The zero-order valence-electron chi connectivity index (χ0n) is 10.8. The molecule has 0 radical (unpaired) electrons. The summed E-state index contributed by atoms with van der Waals surface area (Å²) in [5.41, 5.74) is 1.50. The molecule has 0 bridgehead atoms. The van der Waals surface area contributed by atoms with Gasteiger partial charge in [-0.25, -0.2) is 0 Å². The fourth-order valence-corrected chi connectivity index (χ4v) is 4.00. The molecule has 0 fully saturated rings. The first-order valence-electron chi connectivity index (χ1n) is 6.13. The van der Waals surface area contributed by atoms with Crippen LogP contribution in [0.15, 0.2) is 40.2 Å². The second-order valence-corrected chi connectivity index (χ2v) is 7.34. The van der Waals surface area contributed by atoms with Crippen molar-refractivity contribution in [1.29, 1.82) is 0 Å². The maximum Gasteiger partial charge on any atom is 0.0701 e. The minimum absolute atomic E-state index is 0.0656. The second-order valence-electron chi connectivity index (χ2n) is 4.79. The van der Waals surface area contributed by atoms with Gasteiger partial charge in [-0.1, -0.05) is 24.3 Å². The Morgan fingerprint density at radius 3 is 2.32 bits per heavy atom. The van der Waals surface area contributed by atoms with E-state index >= 15 is 0 Å². The van der Waals surface area contributed by atoms with Gasteiger partial charge in [-0.2, -0.15) is 0 Å². The molecule has 0 amide bonds. The van der Waals surface area contributed by atoms with Gasteiger partial charge in [0, 0.05) is 10.3 Å². The van der Waals surface area contributed by atoms with Gasteiger partial charge in [0.2, 0.25) is 0 Å². The Balaban J connectivity index is 2.40. The smallest absolute Gasteiger partial charge is 0.0701 e. The Morgan fingerprint density at radius 2 is 1.79 bits per heavy atom. The highest BCUT2D eigenvalue weighted by atomic mass is 79.9. The van der Waals surface area contributed by atoms with Crippen LogP contribution in [0.5, 0.6) is 0 Å². The number of aryl methyl sites for hydroxylation is 1. The van der Waals surface area contributed by atoms with Gasteiger partial charge in [0.1, 0.15) is 0 Å². The van der Waals surface area contributed by atoms with Gasteiger partial charge in [-0.3, -0.25) is 0 Å². The number of rotatable bonds is 5. The lowest BCUT2D eigenvalue weighted by Gasteiger charge is -2.31. The monoisotopic (exact) mass is 340 g/mol. The Labute approximate surface area is 125 Å². The van der Waals surface area contributed by atoms with Gasteiger partial charge < -0.3 is 10.2 Å². The molecule has 2 aromatic rings. The summed E-state index contributed by atoms with van der Waals surface area (Å²) in [5, 5.41) is 19.7. The van der Waals surface area contributed by atoms with Gasteiger partial charge >= 0.3 is 0 Å². The van der Waals surface area contributed by atoms with Crippen molar-refractivity contribution < 1.29 is 10.2 Å². The number of thiophene rings is 1. The van der Waals surface area contributed by atoms with E-state index < -0.39 is 5.41 Å². The fourth-order valence-electron chi connectivity index (χ4n) is 2.38. The minimum atomic E-state index is -0.615. The van der Waals surface area contributed by atoms with Crippen LogP contribution in [0.4, 0.5) is 0 Å². The number of halogens is 1. The van der Waals surface area contributed by atoms with Crippen molar-refractivity contribution in [3.05, 3.63) is 56.2 Å². The van der Waals surface area contributed by atoms with E-state index in [9.17, 15) is 10.2 Å². The lowest BCUT2D eigenvalue weighted by atomic mass is 9.76. The maximum absolute atomic E-state index is 9.86. The average molecular weight is 341 g/mol. The van der Waals surface area contributed by atoms with Gasteiger partial charge in [-0.15, -0.1) is 11.3 Å². The van der Waals surface area contributed by atoms with E-state index in [0.29, 0.717) is 6.42 Å². The third kappa shape index (κ3) is 3.08. The lowest BCUT2D eigenvalue weighted by molar-refractivity contribution is 0.116. The van der Waals surface area contributed by atoms with Crippen molar-refractivity contribution >= 4 is 27.3 Å². The number of hydrogen-bond donors (Lipinski definition) is 2. The van der Waals surface area contributed by atoms with Crippen LogP contribution >= 0.6 is 27.3 Å². The summed E-state index contributed by atoms with van der Waals surface area (Å²) >= 11 is 5.09. The molecule has 0 unspecified atom stereocenters. The molecule has 0 aliphatic heterocycles. The minimum Gasteiger partial charge on any atom is -0.395 e. The van der Waals surface area contributed by atoms with E-state index in [1.54, 1.807) is 11.3 Å². The highest BCUT2D eigenvalue weighted by molar-refractivity contribution is 9.11. The summed E-state index contributed by atoms with van der Waals surface area (Å²) in [6.45, 7) is 1.88. The van der Waals surface area contributed by atoms with Crippen LogP contribution in [-0.4, -0.2) is 23.4 Å². The van der Waals surface area contributed by atoms with Crippen LogP contribution in [0.3, 0.4) is 0 Å². The third-order valence-corrected chi connectivity index (χ3v) is 5.09. The molecule has 0 aliphatic carbocycles. The topological polar surface area (TPSA) is 40.5 Å². The molecule has 0 atom stereocenters. The van der Waals surface area contributed by atoms with Crippen LogP contribution in [0.1, 0.15) is 16.0 Å². The van der Waals surface area contributed by atoms with Crippen LogP contribution in [0.2, 0.25) is 0 Å². The van der Waals surface area contributed by atoms with Gasteiger partial charge in [0.05, 0.1) is 17.0 Å². The third-order valence-electron chi connectivity index (χ3n) is 3.46. The SMILES string of the molecule is Cc1ccccc1C(CO)(CO)Cc1ccc(Br)s1. The Morgan fingerprint density at radius 1 is 1.11 bits per heavy atom. The molecule has 4 heteroatoms.